The van der Waals surface area contributed by atoms with Gasteiger partial charge in [0, 0.05) is 8.59 Å². The van der Waals surface area contributed by atoms with Crippen molar-refractivity contribution < 1.29 is 0 Å². The van der Waals surface area contributed by atoms with Gasteiger partial charge in [-0.2, -0.15) is 0 Å². The molecule has 4 heteroatoms. The molecule has 76 valence electrons. The van der Waals surface area contributed by atoms with E-state index in [0.717, 1.165) is 20.6 Å². The molecule has 14 heavy (non-hydrogen) atoms. The van der Waals surface area contributed by atoms with Crippen molar-refractivity contribution in [2.45, 2.75) is 12.5 Å². The highest BCUT2D eigenvalue weighted by Crippen LogP contribution is 2.25. The average molecular weight is 323 g/mol. The molecule has 1 rings (SSSR count). The van der Waals surface area contributed by atoms with Gasteiger partial charge in [0.05, 0.1) is 6.04 Å². The second-order valence-electron chi connectivity index (χ2n) is 2.91. The molecule has 1 aromatic rings. The molecular formula is C10H12ClIN2. The van der Waals surface area contributed by atoms with Crippen LogP contribution >= 0.6 is 34.2 Å². The fourth-order valence-corrected chi connectivity index (χ4v) is 2.13. The molecule has 0 heterocycles. The van der Waals surface area contributed by atoms with Crippen molar-refractivity contribution in [3.8, 4) is 0 Å². The maximum absolute atomic E-state index is 5.92. The van der Waals surface area contributed by atoms with Gasteiger partial charge < -0.3 is 0 Å². The van der Waals surface area contributed by atoms with Crippen LogP contribution in [0.5, 0.6) is 0 Å². The summed E-state index contributed by atoms with van der Waals surface area (Å²) < 4.78 is 1.15. The molecule has 0 spiro atoms. The second-order valence-corrected chi connectivity index (χ2v) is 4.51. The zero-order chi connectivity index (χ0) is 10.6. The van der Waals surface area contributed by atoms with Crippen LogP contribution in [0.2, 0.25) is 5.02 Å². The van der Waals surface area contributed by atoms with Crippen LogP contribution < -0.4 is 11.3 Å². The highest BCUT2D eigenvalue weighted by atomic mass is 127. The monoisotopic (exact) mass is 322 g/mol. The molecule has 0 saturated carbocycles. The first-order chi connectivity index (χ1) is 6.69. The lowest BCUT2D eigenvalue weighted by Crippen LogP contribution is -2.28. The van der Waals surface area contributed by atoms with Gasteiger partial charge in [-0.25, -0.2) is 0 Å². The zero-order valence-corrected chi connectivity index (χ0v) is 10.5. The van der Waals surface area contributed by atoms with Crippen LogP contribution in [0.3, 0.4) is 0 Å². The van der Waals surface area contributed by atoms with Gasteiger partial charge in [0.2, 0.25) is 0 Å². The van der Waals surface area contributed by atoms with Crippen molar-refractivity contribution in [2.75, 3.05) is 0 Å². The molecular weight excluding hydrogens is 310 g/mol. The van der Waals surface area contributed by atoms with E-state index in [4.69, 9.17) is 17.4 Å². The number of hydrogen-bond acceptors (Lipinski definition) is 2. The van der Waals surface area contributed by atoms with Crippen LogP contribution in [0.1, 0.15) is 18.0 Å². The van der Waals surface area contributed by atoms with E-state index in [-0.39, 0.29) is 6.04 Å². The largest absolute Gasteiger partial charge is 0.271 e. The highest BCUT2D eigenvalue weighted by molar-refractivity contribution is 14.1. The minimum absolute atomic E-state index is 0.0816. The summed E-state index contributed by atoms with van der Waals surface area (Å²) in [6, 6.07) is 5.86. The average Bonchev–Trinajstić information content (AvgIpc) is 2.18. The Morgan fingerprint density at radius 2 is 2.36 bits per heavy atom. The fourth-order valence-electron chi connectivity index (χ4n) is 1.23. The Hall–Kier alpha value is -0.100. The maximum Gasteiger partial charge on any atom is 0.0505 e. The predicted octanol–water partition coefficient (Wildman–Crippen LogP) is 3.03. The summed E-state index contributed by atoms with van der Waals surface area (Å²) in [7, 11) is 0. The number of hydrazine groups is 1. The summed E-state index contributed by atoms with van der Waals surface area (Å²) in [5.74, 6) is 5.47. The van der Waals surface area contributed by atoms with E-state index < -0.39 is 0 Å². The standard InChI is InChI=1S/C10H12ClIN2/c1-2-3-10(14-13)8-6-7(11)4-5-9(8)12/h2,4-6,10,14H,1,3,13H2. The van der Waals surface area contributed by atoms with E-state index in [9.17, 15) is 0 Å². The number of benzene rings is 1. The number of rotatable bonds is 4. The van der Waals surface area contributed by atoms with E-state index in [1.807, 2.05) is 24.3 Å². The van der Waals surface area contributed by atoms with Crippen LogP contribution in [0.15, 0.2) is 30.9 Å². The van der Waals surface area contributed by atoms with E-state index in [1.165, 1.54) is 0 Å². The quantitative estimate of drug-likeness (QED) is 0.387. The number of halogens is 2. The fraction of sp³-hybridized carbons (Fsp3) is 0.200. The minimum Gasteiger partial charge on any atom is -0.271 e. The minimum atomic E-state index is 0.0816. The second kappa shape index (κ2) is 5.70. The molecule has 1 unspecified atom stereocenters. The molecule has 1 atom stereocenters. The molecule has 0 aliphatic rings. The molecule has 0 fully saturated rings. The van der Waals surface area contributed by atoms with Crippen molar-refractivity contribution in [1.82, 2.24) is 5.43 Å². The first-order valence-electron chi connectivity index (χ1n) is 4.21. The summed E-state index contributed by atoms with van der Waals surface area (Å²) >= 11 is 8.19. The Balaban J connectivity index is 3.01. The number of hydrogen-bond donors (Lipinski definition) is 2. The molecule has 0 amide bonds. The Labute approximate surface area is 103 Å². The van der Waals surface area contributed by atoms with Crippen LogP contribution in [-0.4, -0.2) is 0 Å². The van der Waals surface area contributed by atoms with Crippen molar-refractivity contribution in [1.29, 1.82) is 0 Å². The summed E-state index contributed by atoms with van der Waals surface area (Å²) in [5, 5.41) is 0.727. The topological polar surface area (TPSA) is 38.0 Å². The molecule has 0 aliphatic heterocycles. The van der Waals surface area contributed by atoms with Gasteiger partial charge >= 0.3 is 0 Å². The molecule has 2 nitrogen and oxygen atoms in total. The van der Waals surface area contributed by atoms with E-state index >= 15 is 0 Å². The molecule has 0 aromatic heterocycles. The Bertz CT molecular complexity index is 328. The lowest BCUT2D eigenvalue weighted by molar-refractivity contribution is 0.559. The third kappa shape index (κ3) is 2.95. The Morgan fingerprint density at radius 3 is 2.93 bits per heavy atom. The summed E-state index contributed by atoms with van der Waals surface area (Å²) in [6.07, 6.45) is 2.62. The summed E-state index contributed by atoms with van der Waals surface area (Å²) in [5.41, 5.74) is 3.86. The molecule has 1 aromatic carbocycles. The van der Waals surface area contributed by atoms with Crippen LogP contribution in [0, 0.1) is 3.57 Å². The smallest absolute Gasteiger partial charge is 0.0505 e. The van der Waals surface area contributed by atoms with Gasteiger partial charge in [-0.15, -0.1) is 6.58 Å². The highest BCUT2D eigenvalue weighted by Gasteiger charge is 2.11. The first kappa shape index (κ1) is 12.0. The predicted molar refractivity (Wildman–Crippen MR) is 69.0 cm³/mol. The lowest BCUT2D eigenvalue weighted by Gasteiger charge is -2.16. The van der Waals surface area contributed by atoms with Gasteiger partial charge in [0.25, 0.3) is 0 Å². The maximum atomic E-state index is 5.92. The number of nitrogens with two attached hydrogens (primary N) is 1. The third-order valence-electron chi connectivity index (χ3n) is 1.94. The van der Waals surface area contributed by atoms with Crippen molar-refractivity contribution in [2.24, 2.45) is 5.84 Å². The molecule has 0 radical (unpaired) electrons. The normalized spacial score (nSPS) is 12.5. The van der Waals surface area contributed by atoms with Crippen LogP contribution in [0.25, 0.3) is 0 Å². The van der Waals surface area contributed by atoms with Gasteiger partial charge in [0.1, 0.15) is 0 Å². The first-order valence-corrected chi connectivity index (χ1v) is 5.66. The van der Waals surface area contributed by atoms with Crippen molar-refractivity contribution >= 4 is 34.2 Å². The van der Waals surface area contributed by atoms with Crippen molar-refractivity contribution in [3.05, 3.63) is 45.0 Å². The van der Waals surface area contributed by atoms with E-state index in [1.54, 1.807) is 0 Å². The SMILES string of the molecule is C=CCC(NN)c1cc(Cl)ccc1I. The van der Waals surface area contributed by atoms with Crippen molar-refractivity contribution in [3.63, 3.8) is 0 Å². The van der Waals surface area contributed by atoms with E-state index in [2.05, 4.69) is 34.6 Å². The molecule has 0 bridgehead atoms. The summed E-state index contributed by atoms with van der Waals surface area (Å²) in [6.45, 7) is 3.70. The van der Waals surface area contributed by atoms with Gasteiger partial charge in [-0.1, -0.05) is 17.7 Å². The lowest BCUT2D eigenvalue weighted by atomic mass is 10.0. The van der Waals surface area contributed by atoms with Crippen LogP contribution in [0.4, 0.5) is 0 Å². The Kier molecular flexibility index (Phi) is 4.88. The molecule has 0 saturated heterocycles. The van der Waals surface area contributed by atoms with Gasteiger partial charge in [0.15, 0.2) is 0 Å². The molecule has 3 N–H and O–H groups in total. The number of nitrogens with one attached hydrogen (secondary N) is 1. The van der Waals surface area contributed by atoms with Crippen LogP contribution in [-0.2, 0) is 0 Å². The van der Waals surface area contributed by atoms with Gasteiger partial charge in [-0.3, -0.25) is 11.3 Å². The Morgan fingerprint density at radius 1 is 1.64 bits per heavy atom. The van der Waals surface area contributed by atoms with Gasteiger partial charge in [-0.05, 0) is 52.8 Å². The summed E-state index contributed by atoms with van der Waals surface area (Å²) in [4.78, 5) is 0. The zero-order valence-electron chi connectivity index (χ0n) is 7.63. The molecule has 0 aliphatic carbocycles. The van der Waals surface area contributed by atoms with E-state index in [0.29, 0.717) is 0 Å². The third-order valence-corrected chi connectivity index (χ3v) is 3.15.